The number of hydrogen-bond donors (Lipinski definition) is 1. The summed E-state index contributed by atoms with van der Waals surface area (Å²) >= 11 is 1.89. The first-order valence-electron chi connectivity index (χ1n) is 6.33. The van der Waals surface area contributed by atoms with Gasteiger partial charge in [-0.25, -0.2) is 0 Å². The zero-order valence-corrected chi connectivity index (χ0v) is 10.7. The number of rotatable bonds is 3. The highest BCUT2D eigenvalue weighted by Crippen LogP contribution is 2.36. The predicted octanol–water partition coefficient (Wildman–Crippen LogP) is 2.32. The molecule has 2 fully saturated rings. The van der Waals surface area contributed by atoms with Crippen molar-refractivity contribution in [1.29, 1.82) is 0 Å². The first kappa shape index (κ1) is 10.8. The summed E-state index contributed by atoms with van der Waals surface area (Å²) in [5.74, 6) is 0.972. The van der Waals surface area contributed by atoms with Gasteiger partial charge in [0.05, 0.1) is 0 Å². The van der Waals surface area contributed by atoms with E-state index in [-0.39, 0.29) is 0 Å². The highest BCUT2D eigenvalue weighted by atomic mass is 32.1. The van der Waals surface area contributed by atoms with Gasteiger partial charge < -0.3 is 5.32 Å². The van der Waals surface area contributed by atoms with Gasteiger partial charge in [-0.3, -0.25) is 4.90 Å². The fraction of sp³-hybridized carbons (Fsp3) is 0.692. The maximum atomic E-state index is 3.62. The molecule has 0 aromatic carbocycles. The summed E-state index contributed by atoms with van der Waals surface area (Å²) < 4.78 is 0. The number of nitrogens with zero attached hydrogens (tertiary/aromatic N) is 1. The van der Waals surface area contributed by atoms with E-state index in [1.54, 1.807) is 0 Å². The van der Waals surface area contributed by atoms with Crippen LogP contribution in [0, 0.1) is 5.92 Å². The van der Waals surface area contributed by atoms with Crippen LogP contribution in [0.3, 0.4) is 0 Å². The van der Waals surface area contributed by atoms with Crippen molar-refractivity contribution >= 4 is 11.3 Å². The zero-order valence-electron chi connectivity index (χ0n) is 9.86. The van der Waals surface area contributed by atoms with E-state index >= 15 is 0 Å². The molecule has 1 aromatic heterocycles. The molecule has 2 heterocycles. The molecule has 3 heteroatoms. The smallest absolute Gasteiger partial charge is 0.0332 e. The van der Waals surface area contributed by atoms with Crippen LogP contribution in [0.15, 0.2) is 17.5 Å². The summed E-state index contributed by atoms with van der Waals surface area (Å²) in [5, 5.41) is 5.81. The van der Waals surface area contributed by atoms with Gasteiger partial charge in [-0.2, -0.15) is 0 Å². The van der Waals surface area contributed by atoms with Crippen LogP contribution in [0.25, 0.3) is 0 Å². The van der Waals surface area contributed by atoms with Crippen LogP contribution in [0.1, 0.15) is 24.6 Å². The largest absolute Gasteiger partial charge is 0.311 e. The Kier molecular flexibility index (Phi) is 3.01. The summed E-state index contributed by atoms with van der Waals surface area (Å²) in [4.78, 5) is 4.21. The number of thiophene rings is 1. The number of piperazine rings is 1. The van der Waals surface area contributed by atoms with Crippen molar-refractivity contribution in [3.8, 4) is 0 Å². The Bertz CT molecular complexity index is 332. The summed E-state index contributed by atoms with van der Waals surface area (Å²) in [6.45, 7) is 5.85. The first-order chi connectivity index (χ1) is 7.83. The summed E-state index contributed by atoms with van der Waals surface area (Å²) in [5.41, 5.74) is 0. The van der Waals surface area contributed by atoms with E-state index in [2.05, 4.69) is 34.7 Å². The van der Waals surface area contributed by atoms with Crippen LogP contribution in [-0.2, 0) is 6.54 Å². The average molecular weight is 236 g/mol. The topological polar surface area (TPSA) is 15.3 Å². The zero-order chi connectivity index (χ0) is 11.0. The molecule has 1 saturated heterocycles. The van der Waals surface area contributed by atoms with Gasteiger partial charge in [0.25, 0.3) is 0 Å². The summed E-state index contributed by atoms with van der Waals surface area (Å²) in [6.07, 6.45) is 2.89. The van der Waals surface area contributed by atoms with E-state index in [0.29, 0.717) is 6.04 Å². The van der Waals surface area contributed by atoms with Crippen molar-refractivity contribution in [3.05, 3.63) is 22.4 Å². The second-order valence-corrected chi connectivity index (χ2v) is 6.26. The molecule has 1 aromatic rings. The molecule has 1 N–H and O–H groups in total. The Morgan fingerprint density at radius 2 is 2.38 bits per heavy atom. The third-order valence-electron chi connectivity index (χ3n) is 3.76. The molecule has 0 bridgehead atoms. The molecule has 16 heavy (non-hydrogen) atoms. The molecule has 1 saturated carbocycles. The molecule has 2 unspecified atom stereocenters. The Morgan fingerprint density at radius 3 is 3.06 bits per heavy atom. The predicted molar refractivity (Wildman–Crippen MR) is 68.7 cm³/mol. The van der Waals surface area contributed by atoms with Crippen LogP contribution in [-0.4, -0.2) is 30.1 Å². The van der Waals surface area contributed by atoms with Gasteiger partial charge >= 0.3 is 0 Å². The molecule has 2 nitrogen and oxygen atoms in total. The second kappa shape index (κ2) is 4.47. The molecule has 0 spiro atoms. The molecule has 0 amide bonds. The molecule has 0 radical (unpaired) electrons. The van der Waals surface area contributed by atoms with Crippen LogP contribution in [0.4, 0.5) is 0 Å². The van der Waals surface area contributed by atoms with Gasteiger partial charge in [0, 0.05) is 36.6 Å². The van der Waals surface area contributed by atoms with E-state index in [0.717, 1.165) is 18.5 Å². The number of nitrogens with one attached hydrogen (secondary N) is 1. The third kappa shape index (κ3) is 2.31. The highest BCUT2D eigenvalue weighted by molar-refractivity contribution is 7.09. The Labute approximate surface area is 102 Å². The minimum atomic E-state index is 0.648. The molecule has 2 aliphatic rings. The average Bonchev–Trinajstić information content (AvgIpc) is 2.98. The normalized spacial score (nSPS) is 31.8. The third-order valence-corrected chi connectivity index (χ3v) is 4.62. The first-order valence-corrected chi connectivity index (χ1v) is 7.20. The van der Waals surface area contributed by atoms with E-state index in [4.69, 9.17) is 0 Å². The molecular weight excluding hydrogens is 216 g/mol. The Morgan fingerprint density at radius 1 is 1.50 bits per heavy atom. The van der Waals surface area contributed by atoms with E-state index in [9.17, 15) is 0 Å². The SMILES string of the molecule is CC1CN(Cc2cccs2)C(C2CC2)CN1. The molecule has 88 valence electrons. The lowest BCUT2D eigenvalue weighted by molar-refractivity contribution is 0.113. The minimum Gasteiger partial charge on any atom is -0.311 e. The molecular formula is C13H20N2S. The van der Waals surface area contributed by atoms with Gasteiger partial charge in [-0.15, -0.1) is 11.3 Å². The van der Waals surface area contributed by atoms with Crippen molar-refractivity contribution in [1.82, 2.24) is 10.2 Å². The van der Waals surface area contributed by atoms with Gasteiger partial charge in [0.15, 0.2) is 0 Å². The van der Waals surface area contributed by atoms with E-state index in [1.165, 1.54) is 30.8 Å². The van der Waals surface area contributed by atoms with E-state index in [1.807, 2.05) is 11.3 Å². The van der Waals surface area contributed by atoms with Gasteiger partial charge in [-0.1, -0.05) is 6.07 Å². The fourth-order valence-corrected chi connectivity index (χ4v) is 3.46. The quantitative estimate of drug-likeness (QED) is 0.866. The van der Waals surface area contributed by atoms with Crippen LogP contribution in [0.5, 0.6) is 0 Å². The standard InChI is InChI=1S/C13H20N2S/c1-10-8-15(9-12-3-2-6-16-12)13(7-14-10)11-4-5-11/h2-3,6,10-11,13-14H,4-5,7-9H2,1H3. The summed E-state index contributed by atoms with van der Waals surface area (Å²) in [7, 11) is 0. The molecule has 1 aliphatic carbocycles. The molecule has 1 aliphatic heterocycles. The Balaban J connectivity index is 1.68. The lowest BCUT2D eigenvalue weighted by Crippen LogP contribution is -2.55. The van der Waals surface area contributed by atoms with Gasteiger partial charge in [-0.05, 0) is 37.1 Å². The van der Waals surface area contributed by atoms with Gasteiger partial charge in [0.1, 0.15) is 0 Å². The second-order valence-electron chi connectivity index (χ2n) is 5.22. The van der Waals surface area contributed by atoms with Crippen molar-refractivity contribution < 1.29 is 0 Å². The van der Waals surface area contributed by atoms with Crippen molar-refractivity contribution in [3.63, 3.8) is 0 Å². The highest BCUT2D eigenvalue weighted by Gasteiger charge is 2.37. The number of hydrogen-bond acceptors (Lipinski definition) is 3. The maximum Gasteiger partial charge on any atom is 0.0332 e. The van der Waals surface area contributed by atoms with Crippen LogP contribution >= 0.6 is 11.3 Å². The Hall–Kier alpha value is -0.380. The van der Waals surface area contributed by atoms with E-state index < -0.39 is 0 Å². The monoisotopic (exact) mass is 236 g/mol. The molecule has 2 atom stereocenters. The minimum absolute atomic E-state index is 0.648. The van der Waals surface area contributed by atoms with Crippen LogP contribution in [0.2, 0.25) is 0 Å². The lowest BCUT2D eigenvalue weighted by Gasteiger charge is -2.39. The van der Waals surface area contributed by atoms with Crippen molar-refractivity contribution in [2.24, 2.45) is 5.92 Å². The van der Waals surface area contributed by atoms with Crippen molar-refractivity contribution in [2.75, 3.05) is 13.1 Å². The maximum absolute atomic E-state index is 3.62. The lowest BCUT2D eigenvalue weighted by atomic mass is 10.1. The van der Waals surface area contributed by atoms with Crippen molar-refractivity contribution in [2.45, 2.75) is 38.4 Å². The van der Waals surface area contributed by atoms with Crippen LogP contribution < -0.4 is 5.32 Å². The van der Waals surface area contributed by atoms with Gasteiger partial charge in [0.2, 0.25) is 0 Å². The summed E-state index contributed by atoms with van der Waals surface area (Å²) in [6, 6.07) is 5.87. The fourth-order valence-electron chi connectivity index (χ4n) is 2.73. The molecule has 3 rings (SSSR count).